The van der Waals surface area contributed by atoms with Crippen LogP contribution in [0.25, 0.3) is 10.9 Å². The van der Waals surface area contributed by atoms with Crippen molar-refractivity contribution in [3.8, 4) is 0 Å². The zero-order valence-electron chi connectivity index (χ0n) is 24.4. The van der Waals surface area contributed by atoms with Crippen molar-refractivity contribution in [2.45, 2.75) is 39.3 Å². The van der Waals surface area contributed by atoms with Crippen molar-refractivity contribution in [2.75, 3.05) is 29.6 Å². The van der Waals surface area contributed by atoms with Crippen LogP contribution in [0.15, 0.2) is 35.3 Å². The van der Waals surface area contributed by atoms with E-state index in [1.54, 1.807) is 15.3 Å². The second-order valence-corrected chi connectivity index (χ2v) is 13.5. The van der Waals surface area contributed by atoms with E-state index in [9.17, 15) is 18.0 Å². The molecule has 2 fully saturated rings. The number of aromatic nitrogens is 6. The van der Waals surface area contributed by atoms with Crippen molar-refractivity contribution in [3.63, 3.8) is 0 Å². The molecule has 43 heavy (non-hydrogen) atoms. The minimum absolute atomic E-state index is 0.0366. The van der Waals surface area contributed by atoms with Gasteiger partial charge >= 0.3 is 0 Å². The molecule has 226 valence electrons. The molecule has 13 nitrogen and oxygen atoms in total. The SMILES string of the molecule is CCn1c(N2C[C@@H]3C(c4cn(C)nn4)[C@@H]3C2)nc2c([C@@H](C)Nc3ccc(Cl)nc3C(=O)NS(C)(=O)=O)cc(C)cc2c1=O. The Morgan fingerprint density at radius 1 is 1.19 bits per heavy atom. The first kappa shape index (κ1) is 29.1. The van der Waals surface area contributed by atoms with Crippen molar-refractivity contribution >= 4 is 50.1 Å². The Labute approximate surface area is 253 Å². The van der Waals surface area contributed by atoms with Gasteiger partial charge in [0.1, 0.15) is 5.15 Å². The summed E-state index contributed by atoms with van der Waals surface area (Å²) in [7, 11) is -1.96. The molecule has 1 aliphatic carbocycles. The number of anilines is 2. The fourth-order valence-electron chi connectivity index (χ4n) is 6.25. The smallest absolute Gasteiger partial charge is 0.285 e. The highest BCUT2D eigenvalue weighted by atomic mass is 35.5. The molecule has 0 spiro atoms. The van der Waals surface area contributed by atoms with Crippen LogP contribution in [0.3, 0.4) is 0 Å². The van der Waals surface area contributed by atoms with Crippen LogP contribution in [0.4, 0.5) is 11.6 Å². The second kappa shape index (κ2) is 10.6. The molecule has 1 aliphatic heterocycles. The van der Waals surface area contributed by atoms with Crippen LogP contribution in [0.1, 0.15) is 53.1 Å². The van der Waals surface area contributed by atoms with Crippen LogP contribution in [0.2, 0.25) is 5.15 Å². The Morgan fingerprint density at radius 2 is 1.91 bits per heavy atom. The minimum Gasteiger partial charge on any atom is -0.377 e. The van der Waals surface area contributed by atoms with Crippen LogP contribution < -0.4 is 20.5 Å². The van der Waals surface area contributed by atoms with Gasteiger partial charge in [-0.25, -0.2) is 23.1 Å². The van der Waals surface area contributed by atoms with Gasteiger partial charge in [-0.2, -0.15) is 0 Å². The summed E-state index contributed by atoms with van der Waals surface area (Å²) in [6, 6.07) is 6.43. The van der Waals surface area contributed by atoms with Gasteiger partial charge in [0.2, 0.25) is 16.0 Å². The molecule has 1 aromatic carbocycles. The topological polar surface area (TPSA) is 157 Å². The van der Waals surface area contributed by atoms with Gasteiger partial charge in [-0.05, 0) is 56.4 Å². The standard InChI is InChI=1S/C28H32ClN9O4S/c1-6-38-27(40)17-10-14(2)9-16(15(3)30-20-7-8-22(29)31-25(20)26(39)34-43(5,41)42)24(17)32-28(38)37-11-18-19(12-37)23(18)21-13-36(4)35-33-21/h7-10,13,15,18-19,23,30H,6,11-12H2,1-5H3,(H,34,39)/t15-,18-,19+,23?/m1/s1. The summed E-state index contributed by atoms with van der Waals surface area (Å²) in [6.45, 7) is 7.75. The Kier molecular flexibility index (Phi) is 7.16. The number of hydrogen-bond acceptors (Lipinski definition) is 10. The summed E-state index contributed by atoms with van der Waals surface area (Å²) in [4.78, 5) is 37.9. The molecule has 15 heteroatoms. The summed E-state index contributed by atoms with van der Waals surface area (Å²) in [5.41, 5.74) is 3.20. The Hall–Kier alpha value is -4.04. The highest BCUT2D eigenvalue weighted by Crippen LogP contribution is 2.58. The summed E-state index contributed by atoms with van der Waals surface area (Å²) >= 11 is 6.04. The van der Waals surface area contributed by atoms with E-state index in [0.29, 0.717) is 41.1 Å². The molecular weight excluding hydrogens is 594 g/mol. The average molecular weight is 626 g/mol. The second-order valence-electron chi connectivity index (χ2n) is 11.4. The van der Waals surface area contributed by atoms with Gasteiger partial charge in [-0.1, -0.05) is 22.9 Å². The Bertz CT molecular complexity index is 1930. The lowest BCUT2D eigenvalue weighted by atomic mass is 10.0. The largest absolute Gasteiger partial charge is 0.377 e. The monoisotopic (exact) mass is 625 g/mol. The highest BCUT2D eigenvalue weighted by molar-refractivity contribution is 7.89. The summed E-state index contributed by atoms with van der Waals surface area (Å²) < 4.78 is 28.8. The molecule has 0 radical (unpaired) electrons. The van der Waals surface area contributed by atoms with E-state index in [-0.39, 0.29) is 22.1 Å². The van der Waals surface area contributed by atoms with E-state index in [4.69, 9.17) is 16.6 Å². The number of carbonyl (C=O) groups excluding carboxylic acids is 1. The third-order valence-electron chi connectivity index (χ3n) is 8.16. The minimum atomic E-state index is -3.83. The normalized spacial score (nSPS) is 20.2. The number of aryl methyl sites for hydroxylation is 2. The van der Waals surface area contributed by atoms with Crippen molar-refractivity contribution in [1.82, 2.24) is 34.3 Å². The Balaban J connectivity index is 1.35. The number of nitrogens with zero attached hydrogens (tertiary/aromatic N) is 7. The van der Waals surface area contributed by atoms with Crippen LogP contribution in [0.5, 0.6) is 0 Å². The fourth-order valence-corrected chi connectivity index (χ4v) is 6.83. The number of pyridine rings is 1. The maximum atomic E-state index is 13.8. The van der Waals surface area contributed by atoms with Crippen molar-refractivity contribution in [2.24, 2.45) is 18.9 Å². The third kappa shape index (κ3) is 5.44. The number of sulfonamides is 1. The molecule has 3 aromatic heterocycles. The lowest BCUT2D eigenvalue weighted by Gasteiger charge is -2.25. The van der Waals surface area contributed by atoms with Gasteiger partial charge in [0.05, 0.1) is 34.6 Å². The number of benzene rings is 1. The molecule has 4 heterocycles. The van der Waals surface area contributed by atoms with Crippen molar-refractivity contribution < 1.29 is 13.2 Å². The number of amides is 1. The number of fused-ring (bicyclic) bond motifs is 2. The molecule has 2 N–H and O–H groups in total. The first-order chi connectivity index (χ1) is 20.3. The molecule has 1 saturated carbocycles. The van der Waals surface area contributed by atoms with E-state index >= 15 is 0 Å². The van der Waals surface area contributed by atoms with Crippen LogP contribution in [-0.4, -0.2) is 63.2 Å². The van der Waals surface area contributed by atoms with E-state index in [0.717, 1.165) is 36.2 Å². The van der Waals surface area contributed by atoms with Crippen LogP contribution in [0, 0.1) is 18.8 Å². The number of piperidine rings is 1. The van der Waals surface area contributed by atoms with Crippen LogP contribution in [-0.2, 0) is 23.6 Å². The average Bonchev–Trinajstić information content (AvgIpc) is 3.22. The summed E-state index contributed by atoms with van der Waals surface area (Å²) in [6.07, 6.45) is 2.86. The molecular formula is C28H32ClN9O4S. The summed E-state index contributed by atoms with van der Waals surface area (Å²) in [5.74, 6) is 0.955. The first-order valence-electron chi connectivity index (χ1n) is 14.0. The number of rotatable bonds is 8. The van der Waals surface area contributed by atoms with E-state index in [1.165, 1.54) is 6.07 Å². The van der Waals surface area contributed by atoms with E-state index in [2.05, 4.69) is 25.5 Å². The molecule has 4 aromatic rings. The van der Waals surface area contributed by atoms with Crippen LogP contribution >= 0.6 is 11.6 Å². The molecule has 1 unspecified atom stereocenters. The molecule has 6 rings (SSSR count). The van der Waals surface area contributed by atoms with E-state index < -0.39 is 22.0 Å². The molecule has 1 amide bonds. The van der Waals surface area contributed by atoms with Gasteiger partial charge in [0.25, 0.3) is 11.5 Å². The lowest BCUT2D eigenvalue weighted by Crippen LogP contribution is -2.33. The fraction of sp³-hybridized carbons (Fsp3) is 0.429. The Morgan fingerprint density at radius 3 is 2.53 bits per heavy atom. The highest BCUT2D eigenvalue weighted by Gasteiger charge is 2.58. The molecule has 0 bridgehead atoms. The molecule has 2 aliphatic rings. The zero-order valence-corrected chi connectivity index (χ0v) is 25.9. The number of carbonyl (C=O) groups is 1. The predicted molar refractivity (Wildman–Crippen MR) is 163 cm³/mol. The number of nitrogens with one attached hydrogen (secondary N) is 2. The van der Waals surface area contributed by atoms with Gasteiger partial charge in [0.15, 0.2) is 5.69 Å². The number of halogens is 1. The first-order valence-corrected chi connectivity index (χ1v) is 16.2. The van der Waals surface area contributed by atoms with Gasteiger partial charge in [0, 0.05) is 44.4 Å². The van der Waals surface area contributed by atoms with Gasteiger partial charge in [-0.15, -0.1) is 5.10 Å². The number of hydrogen-bond donors (Lipinski definition) is 2. The third-order valence-corrected chi connectivity index (χ3v) is 8.93. The molecule has 1 saturated heterocycles. The molecule has 4 atom stereocenters. The van der Waals surface area contributed by atoms with Crippen molar-refractivity contribution in [1.29, 1.82) is 0 Å². The quantitative estimate of drug-likeness (QED) is 0.279. The van der Waals surface area contributed by atoms with Gasteiger partial charge < -0.3 is 10.2 Å². The van der Waals surface area contributed by atoms with Crippen molar-refractivity contribution in [3.05, 3.63) is 68.5 Å². The maximum absolute atomic E-state index is 13.8. The summed E-state index contributed by atoms with van der Waals surface area (Å²) in [5, 5.41) is 12.2. The maximum Gasteiger partial charge on any atom is 0.285 e. The predicted octanol–water partition coefficient (Wildman–Crippen LogP) is 2.61. The lowest BCUT2D eigenvalue weighted by molar-refractivity contribution is 0.0977. The zero-order chi connectivity index (χ0) is 30.8. The van der Waals surface area contributed by atoms with Gasteiger partial charge in [-0.3, -0.25) is 18.8 Å². The van der Waals surface area contributed by atoms with E-state index in [1.807, 2.05) is 50.9 Å².